The Balaban J connectivity index is 3.38. The lowest BCUT2D eigenvalue weighted by molar-refractivity contribution is 0.160. The topological polar surface area (TPSA) is 43.4 Å². The zero-order valence-corrected chi connectivity index (χ0v) is 13.4. The average molecular weight is 266 g/mol. The van der Waals surface area contributed by atoms with Gasteiger partial charge in [-0.05, 0) is 24.7 Å². The van der Waals surface area contributed by atoms with Gasteiger partial charge in [-0.3, -0.25) is 9.59 Å². The highest BCUT2D eigenvalue weighted by molar-refractivity contribution is 5.44. The Hall–Kier alpha value is -1.12. The van der Waals surface area contributed by atoms with Gasteiger partial charge in [0.15, 0.2) is 5.75 Å². The van der Waals surface area contributed by atoms with Gasteiger partial charge in [-0.15, -0.1) is 0 Å². The summed E-state index contributed by atoms with van der Waals surface area (Å²) in [6, 6.07) is 0. The summed E-state index contributed by atoms with van der Waals surface area (Å²) in [6.45, 7) is 16.3. The first-order chi connectivity index (χ1) is 8.37. The van der Waals surface area contributed by atoms with Crippen LogP contribution in [-0.4, -0.2) is 6.10 Å². The minimum absolute atomic E-state index is 0.000972. The summed E-state index contributed by atoms with van der Waals surface area (Å²) in [6.07, 6.45) is -0.0948. The van der Waals surface area contributed by atoms with Crippen LogP contribution in [0.3, 0.4) is 0 Å². The van der Waals surface area contributed by atoms with Crippen molar-refractivity contribution in [3.63, 3.8) is 0 Å². The normalized spacial score (nSPS) is 13.6. The maximum absolute atomic E-state index is 12.0. The van der Waals surface area contributed by atoms with E-state index in [1.807, 2.05) is 13.8 Å². The van der Waals surface area contributed by atoms with Crippen LogP contribution in [0.5, 0.6) is 5.75 Å². The molecule has 0 saturated carbocycles. The third kappa shape index (κ3) is 3.07. The van der Waals surface area contributed by atoms with E-state index in [0.717, 1.165) is 0 Å². The summed E-state index contributed by atoms with van der Waals surface area (Å²) in [4.78, 5) is 23.7. The van der Waals surface area contributed by atoms with Gasteiger partial charge < -0.3 is 4.74 Å². The van der Waals surface area contributed by atoms with Crippen LogP contribution in [0.25, 0.3) is 0 Å². The van der Waals surface area contributed by atoms with Crippen LogP contribution < -0.4 is 15.6 Å². The fourth-order valence-corrected chi connectivity index (χ4v) is 3.17. The standard InChI is InChI=1S/C16H26O3/c1-9(2)19-13-10(11(17)12(13)18)14(15(3,4)5)16(6,7)8/h9,14H,1-8H3. The second-order valence-electron chi connectivity index (χ2n) is 7.73. The van der Waals surface area contributed by atoms with Gasteiger partial charge in [0, 0.05) is 5.92 Å². The van der Waals surface area contributed by atoms with Crippen LogP contribution in [0.4, 0.5) is 0 Å². The molecule has 0 radical (unpaired) electrons. The van der Waals surface area contributed by atoms with Crippen molar-refractivity contribution in [1.82, 2.24) is 0 Å². The molecular formula is C16H26O3. The van der Waals surface area contributed by atoms with E-state index in [9.17, 15) is 9.59 Å². The number of hydrogen-bond donors (Lipinski definition) is 0. The first-order valence-corrected chi connectivity index (χ1v) is 6.87. The van der Waals surface area contributed by atoms with Crippen molar-refractivity contribution in [3.05, 3.63) is 26.0 Å². The Morgan fingerprint density at radius 3 is 1.58 bits per heavy atom. The Morgan fingerprint density at radius 1 is 0.842 bits per heavy atom. The van der Waals surface area contributed by atoms with Crippen LogP contribution in [0, 0.1) is 10.8 Å². The van der Waals surface area contributed by atoms with E-state index < -0.39 is 5.43 Å². The van der Waals surface area contributed by atoms with Crippen LogP contribution in [0.2, 0.25) is 0 Å². The predicted octanol–water partition coefficient (Wildman–Crippen LogP) is 3.25. The molecule has 0 unspecified atom stereocenters. The van der Waals surface area contributed by atoms with Gasteiger partial charge in [0.2, 0.25) is 5.43 Å². The first kappa shape index (κ1) is 15.9. The van der Waals surface area contributed by atoms with Crippen LogP contribution in [0.1, 0.15) is 66.9 Å². The highest BCUT2D eigenvalue weighted by atomic mass is 16.5. The SMILES string of the molecule is CC(C)Oc1c(C(C(C)(C)C)C(C)(C)C)c(=O)c1=O. The molecule has 0 N–H and O–H groups in total. The minimum atomic E-state index is -0.470. The summed E-state index contributed by atoms with van der Waals surface area (Å²) < 4.78 is 5.56. The molecule has 108 valence electrons. The Bertz CT molecular complexity index is 503. The molecule has 1 aromatic carbocycles. The minimum Gasteiger partial charge on any atom is -0.486 e. The molecule has 0 spiro atoms. The molecular weight excluding hydrogens is 240 g/mol. The number of ether oxygens (including phenoxy) is 1. The highest BCUT2D eigenvalue weighted by Crippen LogP contribution is 2.48. The fraction of sp³-hybridized carbons (Fsp3) is 0.750. The Labute approximate surface area is 115 Å². The largest absolute Gasteiger partial charge is 0.486 e. The molecule has 0 aliphatic heterocycles. The summed E-state index contributed by atoms with van der Waals surface area (Å²) in [5, 5.41) is 0. The maximum atomic E-state index is 12.0. The number of hydrogen-bond acceptors (Lipinski definition) is 3. The van der Waals surface area contributed by atoms with Gasteiger partial charge in [-0.25, -0.2) is 0 Å². The lowest BCUT2D eigenvalue weighted by Crippen LogP contribution is -2.45. The van der Waals surface area contributed by atoms with Crippen LogP contribution >= 0.6 is 0 Å². The van der Waals surface area contributed by atoms with Gasteiger partial charge in [0.05, 0.1) is 11.7 Å². The van der Waals surface area contributed by atoms with Crippen molar-refractivity contribution in [2.75, 3.05) is 0 Å². The van der Waals surface area contributed by atoms with Gasteiger partial charge in [0.25, 0.3) is 5.43 Å². The summed E-state index contributed by atoms with van der Waals surface area (Å²) in [5.41, 5.74) is -0.461. The van der Waals surface area contributed by atoms with Crippen molar-refractivity contribution in [2.24, 2.45) is 10.8 Å². The molecule has 19 heavy (non-hydrogen) atoms. The molecule has 3 nitrogen and oxygen atoms in total. The van der Waals surface area contributed by atoms with Gasteiger partial charge in [-0.2, -0.15) is 0 Å². The van der Waals surface area contributed by atoms with E-state index in [2.05, 4.69) is 41.5 Å². The van der Waals surface area contributed by atoms with E-state index >= 15 is 0 Å². The molecule has 0 fully saturated rings. The summed E-state index contributed by atoms with van der Waals surface area (Å²) in [5.74, 6) is 0.286. The molecule has 0 amide bonds. The second kappa shape index (κ2) is 4.77. The van der Waals surface area contributed by atoms with E-state index in [4.69, 9.17) is 4.74 Å². The molecule has 0 aromatic heterocycles. The lowest BCUT2D eigenvalue weighted by atomic mass is 9.62. The van der Waals surface area contributed by atoms with E-state index in [1.165, 1.54) is 0 Å². The van der Waals surface area contributed by atoms with Crippen molar-refractivity contribution >= 4 is 0 Å². The average Bonchev–Trinajstić information content (AvgIpc) is 2.18. The molecule has 0 heterocycles. The summed E-state index contributed by atoms with van der Waals surface area (Å²) >= 11 is 0. The molecule has 0 saturated heterocycles. The third-order valence-electron chi connectivity index (χ3n) is 3.28. The molecule has 0 aliphatic rings. The van der Waals surface area contributed by atoms with E-state index in [0.29, 0.717) is 5.56 Å². The maximum Gasteiger partial charge on any atom is 0.268 e. The molecule has 1 rings (SSSR count). The quantitative estimate of drug-likeness (QED) is 0.789. The zero-order valence-electron chi connectivity index (χ0n) is 13.4. The van der Waals surface area contributed by atoms with Crippen molar-refractivity contribution in [1.29, 1.82) is 0 Å². The smallest absolute Gasteiger partial charge is 0.268 e. The molecule has 0 atom stereocenters. The van der Waals surface area contributed by atoms with Gasteiger partial charge in [-0.1, -0.05) is 41.5 Å². The molecule has 1 aromatic rings. The highest BCUT2D eigenvalue weighted by Gasteiger charge is 2.43. The van der Waals surface area contributed by atoms with E-state index in [1.54, 1.807) is 0 Å². The van der Waals surface area contributed by atoms with Crippen molar-refractivity contribution in [3.8, 4) is 5.75 Å². The lowest BCUT2D eigenvalue weighted by Gasteiger charge is -2.41. The molecule has 0 bridgehead atoms. The van der Waals surface area contributed by atoms with Crippen LogP contribution in [0.15, 0.2) is 9.59 Å². The monoisotopic (exact) mass is 266 g/mol. The molecule has 0 aliphatic carbocycles. The third-order valence-corrected chi connectivity index (χ3v) is 3.28. The summed E-state index contributed by atoms with van der Waals surface area (Å²) in [7, 11) is 0. The zero-order chi connectivity index (χ0) is 15.2. The van der Waals surface area contributed by atoms with Gasteiger partial charge in [0.1, 0.15) is 0 Å². The van der Waals surface area contributed by atoms with Crippen LogP contribution in [-0.2, 0) is 0 Å². The first-order valence-electron chi connectivity index (χ1n) is 6.87. The predicted molar refractivity (Wildman–Crippen MR) is 78.8 cm³/mol. The van der Waals surface area contributed by atoms with E-state index in [-0.39, 0.29) is 34.0 Å². The van der Waals surface area contributed by atoms with Gasteiger partial charge >= 0.3 is 0 Å². The fourth-order valence-electron chi connectivity index (χ4n) is 3.17. The van der Waals surface area contributed by atoms with Crippen molar-refractivity contribution in [2.45, 2.75) is 67.4 Å². The Kier molecular flexibility index (Phi) is 4.00. The second-order valence-corrected chi connectivity index (χ2v) is 7.73. The molecule has 3 heteroatoms. The number of rotatable bonds is 3. The van der Waals surface area contributed by atoms with Crippen molar-refractivity contribution < 1.29 is 4.74 Å². The Morgan fingerprint density at radius 2 is 1.26 bits per heavy atom.